The molecular formula is C10H18O3. The standard InChI is InChI=1S/C10H18O3/c1-4-5-7-10(12-3)8-6-9(11-2)13-10/h6,8-9H,4-5,7H2,1-3H3. The predicted molar refractivity (Wildman–Crippen MR) is 50.3 cm³/mol. The van der Waals surface area contributed by atoms with Gasteiger partial charge < -0.3 is 14.2 Å². The van der Waals surface area contributed by atoms with Crippen LogP contribution >= 0.6 is 0 Å². The SMILES string of the molecule is CCCCC1(OC)C=CC(OC)O1. The van der Waals surface area contributed by atoms with E-state index in [1.165, 1.54) is 0 Å². The lowest BCUT2D eigenvalue weighted by Crippen LogP contribution is -2.32. The highest BCUT2D eigenvalue weighted by molar-refractivity contribution is 5.04. The molecule has 0 fully saturated rings. The van der Waals surface area contributed by atoms with Crippen LogP contribution in [0.2, 0.25) is 0 Å². The lowest BCUT2D eigenvalue weighted by Gasteiger charge is -2.26. The first-order valence-corrected chi connectivity index (χ1v) is 4.71. The van der Waals surface area contributed by atoms with Crippen molar-refractivity contribution < 1.29 is 14.2 Å². The first-order chi connectivity index (χ1) is 6.26. The molecular weight excluding hydrogens is 168 g/mol. The van der Waals surface area contributed by atoms with Crippen molar-refractivity contribution in [3.63, 3.8) is 0 Å². The zero-order chi connectivity index (χ0) is 9.73. The van der Waals surface area contributed by atoms with E-state index in [-0.39, 0.29) is 6.29 Å². The van der Waals surface area contributed by atoms with Gasteiger partial charge in [0.15, 0.2) is 12.1 Å². The van der Waals surface area contributed by atoms with Crippen molar-refractivity contribution >= 4 is 0 Å². The molecule has 2 atom stereocenters. The van der Waals surface area contributed by atoms with Crippen LogP contribution in [0.1, 0.15) is 26.2 Å². The zero-order valence-corrected chi connectivity index (χ0v) is 8.58. The Morgan fingerprint density at radius 3 is 2.69 bits per heavy atom. The van der Waals surface area contributed by atoms with Gasteiger partial charge in [-0.05, 0) is 18.6 Å². The van der Waals surface area contributed by atoms with Gasteiger partial charge in [-0.25, -0.2) is 0 Å². The molecule has 0 aromatic heterocycles. The zero-order valence-electron chi connectivity index (χ0n) is 8.58. The van der Waals surface area contributed by atoms with Gasteiger partial charge in [0.05, 0.1) is 0 Å². The molecule has 0 aromatic carbocycles. The van der Waals surface area contributed by atoms with Crippen LogP contribution in [0.25, 0.3) is 0 Å². The second-order valence-electron chi connectivity index (χ2n) is 3.20. The van der Waals surface area contributed by atoms with Gasteiger partial charge in [-0.3, -0.25) is 0 Å². The summed E-state index contributed by atoms with van der Waals surface area (Å²) < 4.78 is 16.0. The normalized spacial score (nSPS) is 32.7. The maximum Gasteiger partial charge on any atom is 0.190 e. The van der Waals surface area contributed by atoms with Gasteiger partial charge in [0, 0.05) is 20.6 Å². The minimum atomic E-state index is -0.545. The van der Waals surface area contributed by atoms with Crippen LogP contribution in [0, 0.1) is 0 Å². The Morgan fingerprint density at radius 1 is 1.46 bits per heavy atom. The van der Waals surface area contributed by atoms with Crippen molar-refractivity contribution in [3.05, 3.63) is 12.2 Å². The number of hydrogen-bond donors (Lipinski definition) is 0. The third-order valence-corrected chi connectivity index (χ3v) is 2.28. The molecule has 0 amide bonds. The monoisotopic (exact) mass is 186 g/mol. The van der Waals surface area contributed by atoms with E-state index in [0.717, 1.165) is 19.3 Å². The summed E-state index contributed by atoms with van der Waals surface area (Å²) in [5.74, 6) is -0.545. The Kier molecular flexibility index (Phi) is 3.90. The van der Waals surface area contributed by atoms with Crippen LogP contribution in [-0.4, -0.2) is 26.3 Å². The molecule has 0 aromatic rings. The van der Waals surface area contributed by atoms with E-state index in [9.17, 15) is 0 Å². The summed E-state index contributed by atoms with van der Waals surface area (Å²) in [6, 6.07) is 0. The summed E-state index contributed by atoms with van der Waals surface area (Å²) in [6.45, 7) is 2.15. The molecule has 0 saturated carbocycles. The van der Waals surface area contributed by atoms with Crippen LogP contribution in [0.15, 0.2) is 12.2 Å². The lowest BCUT2D eigenvalue weighted by molar-refractivity contribution is -0.245. The van der Waals surface area contributed by atoms with Crippen molar-refractivity contribution in [3.8, 4) is 0 Å². The molecule has 0 saturated heterocycles. The van der Waals surface area contributed by atoms with Crippen LogP contribution in [-0.2, 0) is 14.2 Å². The Hall–Kier alpha value is -0.380. The van der Waals surface area contributed by atoms with Crippen LogP contribution in [0.5, 0.6) is 0 Å². The van der Waals surface area contributed by atoms with Crippen molar-refractivity contribution in [1.29, 1.82) is 0 Å². The summed E-state index contributed by atoms with van der Waals surface area (Å²) in [5.41, 5.74) is 0. The predicted octanol–water partition coefficient (Wildman–Crippen LogP) is 2.08. The number of unbranched alkanes of at least 4 members (excludes halogenated alkanes) is 1. The first kappa shape index (κ1) is 10.7. The molecule has 76 valence electrons. The number of methoxy groups -OCH3 is 2. The minimum Gasteiger partial charge on any atom is -0.352 e. The second-order valence-corrected chi connectivity index (χ2v) is 3.20. The van der Waals surface area contributed by atoms with Gasteiger partial charge in [-0.2, -0.15) is 0 Å². The molecule has 1 heterocycles. The largest absolute Gasteiger partial charge is 0.352 e. The van der Waals surface area contributed by atoms with Crippen molar-refractivity contribution in [1.82, 2.24) is 0 Å². The summed E-state index contributed by atoms with van der Waals surface area (Å²) >= 11 is 0. The highest BCUT2D eigenvalue weighted by atomic mass is 16.8. The second kappa shape index (κ2) is 4.74. The Morgan fingerprint density at radius 2 is 2.23 bits per heavy atom. The van der Waals surface area contributed by atoms with E-state index >= 15 is 0 Å². The first-order valence-electron chi connectivity index (χ1n) is 4.71. The molecule has 1 aliphatic heterocycles. The van der Waals surface area contributed by atoms with Gasteiger partial charge in [0.25, 0.3) is 0 Å². The van der Waals surface area contributed by atoms with Gasteiger partial charge in [0.1, 0.15) is 0 Å². The number of ether oxygens (including phenoxy) is 3. The number of hydrogen-bond acceptors (Lipinski definition) is 3. The van der Waals surface area contributed by atoms with Crippen LogP contribution < -0.4 is 0 Å². The van der Waals surface area contributed by atoms with E-state index in [4.69, 9.17) is 14.2 Å². The molecule has 0 spiro atoms. The summed E-state index contributed by atoms with van der Waals surface area (Å²) in [6.07, 6.45) is 6.69. The van der Waals surface area contributed by atoms with Gasteiger partial charge in [-0.1, -0.05) is 13.3 Å². The van der Waals surface area contributed by atoms with E-state index in [2.05, 4.69) is 6.92 Å². The molecule has 0 bridgehead atoms. The molecule has 3 nitrogen and oxygen atoms in total. The van der Waals surface area contributed by atoms with Gasteiger partial charge in [0.2, 0.25) is 0 Å². The maximum atomic E-state index is 5.59. The third kappa shape index (κ3) is 2.53. The summed E-state index contributed by atoms with van der Waals surface area (Å²) in [7, 11) is 3.29. The fourth-order valence-electron chi connectivity index (χ4n) is 1.41. The molecule has 3 heteroatoms. The van der Waals surface area contributed by atoms with E-state index < -0.39 is 5.79 Å². The molecule has 1 aliphatic rings. The van der Waals surface area contributed by atoms with Crippen molar-refractivity contribution in [2.24, 2.45) is 0 Å². The highest BCUT2D eigenvalue weighted by Gasteiger charge is 2.34. The average Bonchev–Trinajstić information content (AvgIpc) is 2.59. The highest BCUT2D eigenvalue weighted by Crippen LogP contribution is 2.29. The lowest BCUT2D eigenvalue weighted by atomic mass is 10.1. The fourth-order valence-corrected chi connectivity index (χ4v) is 1.41. The smallest absolute Gasteiger partial charge is 0.190 e. The summed E-state index contributed by atoms with van der Waals surface area (Å²) in [4.78, 5) is 0. The van der Waals surface area contributed by atoms with Crippen molar-refractivity contribution in [2.45, 2.75) is 38.3 Å². The third-order valence-electron chi connectivity index (χ3n) is 2.28. The van der Waals surface area contributed by atoms with Crippen LogP contribution in [0.3, 0.4) is 0 Å². The quantitative estimate of drug-likeness (QED) is 0.615. The summed E-state index contributed by atoms with van der Waals surface area (Å²) in [5, 5.41) is 0. The maximum absolute atomic E-state index is 5.59. The average molecular weight is 186 g/mol. The van der Waals surface area contributed by atoms with Crippen molar-refractivity contribution in [2.75, 3.05) is 14.2 Å². The minimum absolute atomic E-state index is 0.253. The van der Waals surface area contributed by atoms with Gasteiger partial charge in [-0.15, -0.1) is 0 Å². The Labute approximate surface area is 79.7 Å². The van der Waals surface area contributed by atoms with E-state index in [0.29, 0.717) is 0 Å². The molecule has 1 rings (SSSR count). The molecule has 0 radical (unpaired) electrons. The molecule has 0 N–H and O–H groups in total. The molecule has 2 unspecified atom stereocenters. The number of rotatable bonds is 5. The Balaban J connectivity index is 2.48. The topological polar surface area (TPSA) is 27.7 Å². The van der Waals surface area contributed by atoms with E-state index in [1.54, 1.807) is 14.2 Å². The van der Waals surface area contributed by atoms with Crippen LogP contribution in [0.4, 0.5) is 0 Å². The Bertz CT molecular complexity index is 179. The molecule has 13 heavy (non-hydrogen) atoms. The fraction of sp³-hybridized carbons (Fsp3) is 0.800. The van der Waals surface area contributed by atoms with E-state index in [1.807, 2.05) is 12.2 Å². The molecule has 0 aliphatic carbocycles. The van der Waals surface area contributed by atoms with Gasteiger partial charge >= 0.3 is 0 Å².